The van der Waals surface area contributed by atoms with Crippen LogP contribution in [0.15, 0.2) is 77.0 Å². The molecule has 0 radical (unpaired) electrons. The number of rotatable bonds is 7. The molecule has 34 heavy (non-hydrogen) atoms. The molecule has 1 amide bonds. The van der Waals surface area contributed by atoms with Gasteiger partial charge >= 0.3 is 0 Å². The minimum Gasteiger partial charge on any atom is -0.377 e. The Bertz CT molecular complexity index is 1440. The van der Waals surface area contributed by atoms with Crippen molar-refractivity contribution >= 4 is 43.2 Å². The molecule has 3 aromatic carbocycles. The first-order valence-electron chi connectivity index (χ1n) is 11.0. The number of carbonyl (C=O) groups is 1. The van der Waals surface area contributed by atoms with Crippen LogP contribution < -0.4 is 10.0 Å². The van der Waals surface area contributed by atoms with Gasteiger partial charge in [0, 0.05) is 29.7 Å². The summed E-state index contributed by atoms with van der Waals surface area (Å²) >= 11 is 1.32. The smallest absolute Gasteiger partial charge is 0.257 e. The van der Waals surface area contributed by atoms with E-state index in [0.29, 0.717) is 11.7 Å². The van der Waals surface area contributed by atoms with Crippen LogP contribution >= 0.6 is 11.3 Å². The van der Waals surface area contributed by atoms with Crippen LogP contribution in [0.2, 0.25) is 0 Å². The fourth-order valence-corrected chi connectivity index (χ4v) is 5.70. The molecule has 174 valence electrons. The van der Waals surface area contributed by atoms with E-state index in [1.807, 2.05) is 35.7 Å². The Labute approximate surface area is 201 Å². The Hall–Kier alpha value is -3.11. The minimum absolute atomic E-state index is 0.0362. The van der Waals surface area contributed by atoms with Gasteiger partial charge in [-0.3, -0.25) is 10.1 Å². The summed E-state index contributed by atoms with van der Waals surface area (Å²) in [6.45, 7) is 0.872. The Morgan fingerprint density at radius 1 is 1.06 bits per heavy atom. The first kappa shape index (κ1) is 22.7. The number of ether oxygens (including phenoxy) is 1. The molecule has 0 spiro atoms. The molecule has 2 heterocycles. The summed E-state index contributed by atoms with van der Waals surface area (Å²) in [5, 5.41) is 7.36. The highest BCUT2D eigenvalue weighted by Crippen LogP contribution is 2.28. The van der Waals surface area contributed by atoms with Crippen molar-refractivity contribution in [1.82, 2.24) is 9.71 Å². The highest BCUT2D eigenvalue weighted by atomic mass is 32.2. The number of anilines is 1. The van der Waals surface area contributed by atoms with Crippen molar-refractivity contribution in [3.63, 3.8) is 0 Å². The van der Waals surface area contributed by atoms with Gasteiger partial charge in [0.15, 0.2) is 5.13 Å². The van der Waals surface area contributed by atoms with Gasteiger partial charge in [-0.2, -0.15) is 0 Å². The molecule has 5 rings (SSSR count). The van der Waals surface area contributed by atoms with Crippen LogP contribution in [-0.2, 0) is 14.8 Å². The predicted octanol–water partition coefficient (Wildman–Crippen LogP) is 4.67. The van der Waals surface area contributed by atoms with Crippen molar-refractivity contribution in [2.75, 3.05) is 18.5 Å². The van der Waals surface area contributed by atoms with E-state index >= 15 is 0 Å². The number of aromatic nitrogens is 1. The second kappa shape index (κ2) is 9.63. The zero-order valence-corrected chi connectivity index (χ0v) is 19.9. The third kappa shape index (κ3) is 5.02. The lowest BCUT2D eigenvalue weighted by atomic mass is 10.1. The molecule has 1 saturated heterocycles. The Morgan fingerprint density at radius 2 is 1.91 bits per heavy atom. The molecule has 7 nitrogen and oxygen atoms in total. The van der Waals surface area contributed by atoms with Crippen molar-refractivity contribution in [2.45, 2.75) is 23.8 Å². The quantitative estimate of drug-likeness (QED) is 0.390. The van der Waals surface area contributed by atoms with Crippen molar-refractivity contribution in [2.24, 2.45) is 0 Å². The molecule has 1 aromatic heterocycles. The van der Waals surface area contributed by atoms with E-state index in [9.17, 15) is 13.2 Å². The predicted molar refractivity (Wildman–Crippen MR) is 134 cm³/mol. The second-order valence-electron chi connectivity index (χ2n) is 8.07. The van der Waals surface area contributed by atoms with Crippen molar-refractivity contribution < 1.29 is 17.9 Å². The maximum absolute atomic E-state index is 12.8. The zero-order chi connectivity index (χ0) is 23.5. The maximum atomic E-state index is 12.8. The molecule has 1 fully saturated rings. The molecule has 1 atom stereocenters. The number of hydrogen-bond donors (Lipinski definition) is 2. The van der Waals surface area contributed by atoms with E-state index < -0.39 is 15.9 Å². The zero-order valence-electron chi connectivity index (χ0n) is 18.2. The lowest BCUT2D eigenvalue weighted by molar-refractivity contribution is 0.102. The van der Waals surface area contributed by atoms with Gasteiger partial charge in [0.1, 0.15) is 0 Å². The Kier molecular flexibility index (Phi) is 6.42. The first-order valence-corrected chi connectivity index (χ1v) is 13.3. The molecule has 4 aromatic rings. The average Bonchev–Trinajstić information content (AvgIpc) is 3.55. The lowest BCUT2D eigenvalue weighted by Crippen LogP contribution is -2.32. The summed E-state index contributed by atoms with van der Waals surface area (Å²) in [4.78, 5) is 17.4. The van der Waals surface area contributed by atoms with E-state index in [2.05, 4.69) is 27.2 Å². The summed E-state index contributed by atoms with van der Waals surface area (Å²) in [7, 11) is -3.75. The van der Waals surface area contributed by atoms with E-state index in [-0.39, 0.29) is 23.1 Å². The Morgan fingerprint density at radius 3 is 2.74 bits per heavy atom. The van der Waals surface area contributed by atoms with E-state index in [0.717, 1.165) is 34.9 Å². The third-order valence-corrected chi connectivity index (χ3v) is 7.88. The van der Waals surface area contributed by atoms with Crippen molar-refractivity contribution in [3.05, 3.63) is 77.7 Å². The lowest BCUT2D eigenvalue weighted by Gasteiger charge is -2.12. The fraction of sp³-hybridized carbons (Fsp3) is 0.200. The number of nitrogens with zero attached hydrogens (tertiary/aromatic N) is 1. The van der Waals surface area contributed by atoms with Gasteiger partial charge in [-0.25, -0.2) is 18.1 Å². The number of fused-ring (bicyclic) bond motifs is 1. The van der Waals surface area contributed by atoms with Crippen LogP contribution in [0.3, 0.4) is 0 Å². The van der Waals surface area contributed by atoms with Crippen LogP contribution in [-0.4, -0.2) is 38.6 Å². The van der Waals surface area contributed by atoms with Gasteiger partial charge in [0.25, 0.3) is 5.91 Å². The maximum Gasteiger partial charge on any atom is 0.257 e. The number of benzene rings is 3. The molecular weight excluding hydrogens is 470 g/mol. The molecule has 1 aliphatic heterocycles. The van der Waals surface area contributed by atoms with Crippen molar-refractivity contribution in [1.29, 1.82) is 0 Å². The standard InChI is InChI=1S/C25H23N3O4S2/c29-24(20-7-3-9-22(14-20)34(30,31)26-15-21-8-4-12-32-21)28-25-27-23(16-33-25)19-11-10-17-5-1-2-6-18(17)13-19/h1-3,5-7,9-11,13-14,16,21,26H,4,8,12,15H2,(H,27,28,29). The van der Waals surface area contributed by atoms with Crippen LogP contribution in [0.1, 0.15) is 23.2 Å². The number of nitrogens with one attached hydrogen (secondary N) is 2. The van der Waals surface area contributed by atoms with Gasteiger partial charge in [-0.15, -0.1) is 11.3 Å². The number of carbonyl (C=O) groups excluding carboxylic acids is 1. The fourth-order valence-electron chi connectivity index (χ4n) is 3.88. The molecule has 0 aliphatic carbocycles. The monoisotopic (exact) mass is 493 g/mol. The van der Waals surface area contributed by atoms with E-state index in [1.165, 1.54) is 23.5 Å². The molecule has 1 unspecified atom stereocenters. The van der Waals surface area contributed by atoms with Crippen LogP contribution in [0.4, 0.5) is 5.13 Å². The molecule has 0 bridgehead atoms. The molecule has 9 heteroatoms. The van der Waals surface area contributed by atoms with Crippen LogP contribution in [0.25, 0.3) is 22.0 Å². The Balaban J connectivity index is 1.28. The average molecular weight is 494 g/mol. The minimum atomic E-state index is -3.75. The highest BCUT2D eigenvalue weighted by molar-refractivity contribution is 7.89. The second-order valence-corrected chi connectivity index (χ2v) is 10.7. The first-order chi connectivity index (χ1) is 16.5. The van der Waals surface area contributed by atoms with Gasteiger partial charge in [-0.05, 0) is 47.9 Å². The summed E-state index contributed by atoms with van der Waals surface area (Å²) < 4.78 is 33.4. The van der Waals surface area contributed by atoms with Gasteiger partial charge in [-0.1, -0.05) is 42.5 Å². The molecule has 2 N–H and O–H groups in total. The summed E-state index contributed by atoms with van der Waals surface area (Å²) in [5.41, 5.74) is 1.96. The van der Waals surface area contributed by atoms with Crippen LogP contribution in [0.5, 0.6) is 0 Å². The molecule has 1 aliphatic rings. The molecule has 0 saturated carbocycles. The van der Waals surface area contributed by atoms with Crippen molar-refractivity contribution in [3.8, 4) is 11.3 Å². The van der Waals surface area contributed by atoms with Crippen LogP contribution in [0, 0.1) is 0 Å². The molecular formula is C25H23N3O4S2. The SMILES string of the molecule is O=C(Nc1nc(-c2ccc3ccccc3c2)cs1)c1cccc(S(=O)(=O)NCC2CCCO2)c1. The topological polar surface area (TPSA) is 97.4 Å². The number of hydrogen-bond acceptors (Lipinski definition) is 6. The summed E-state index contributed by atoms with van der Waals surface area (Å²) in [6.07, 6.45) is 1.66. The number of amides is 1. The van der Waals surface area contributed by atoms with Gasteiger partial charge < -0.3 is 4.74 Å². The highest BCUT2D eigenvalue weighted by Gasteiger charge is 2.21. The number of sulfonamides is 1. The van der Waals surface area contributed by atoms with Gasteiger partial charge in [0.05, 0.1) is 16.7 Å². The number of thiazole rings is 1. The summed E-state index contributed by atoms with van der Waals surface area (Å²) in [5.74, 6) is -0.421. The normalized spacial score (nSPS) is 16.1. The van der Waals surface area contributed by atoms with Gasteiger partial charge in [0.2, 0.25) is 10.0 Å². The largest absolute Gasteiger partial charge is 0.377 e. The summed E-state index contributed by atoms with van der Waals surface area (Å²) in [6, 6.07) is 20.2. The van der Waals surface area contributed by atoms with E-state index in [1.54, 1.807) is 12.1 Å². The van der Waals surface area contributed by atoms with E-state index in [4.69, 9.17) is 4.74 Å². The third-order valence-electron chi connectivity index (χ3n) is 5.70.